The third-order valence-corrected chi connectivity index (χ3v) is 27.5. The summed E-state index contributed by atoms with van der Waals surface area (Å²) in [6.45, 7) is 32.0. The van der Waals surface area contributed by atoms with E-state index in [-0.39, 0.29) is 215 Å². The van der Waals surface area contributed by atoms with Crippen molar-refractivity contribution in [1.82, 2.24) is 38.2 Å². The van der Waals surface area contributed by atoms with Crippen LogP contribution in [0.2, 0.25) is 20.1 Å². The number of hydrogen-bond donors (Lipinski definition) is 2. The molecule has 4 fully saturated rings. The summed E-state index contributed by atoms with van der Waals surface area (Å²) in [4.78, 5) is 145. The molecule has 666 valence electrons. The fraction of sp³-hybridized carbons (Fsp3) is 0.364. The number of benzene rings is 4. The molecule has 0 atom stereocenters. The van der Waals surface area contributed by atoms with Crippen LogP contribution in [0.3, 0.4) is 0 Å². The molecule has 4 saturated carbocycles. The number of thioether (sulfide) groups is 4. The van der Waals surface area contributed by atoms with E-state index in [0.29, 0.717) is 146 Å². The zero-order chi connectivity index (χ0) is 89.4. The number of esters is 2. The van der Waals surface area contributed by atoms with Crippen molar-refractivity contribution >= 4 is 251 Å². The predicted octanol–water partition coefficient (Wildman–Crippen LogP) is 8.07. The third-order valence-electron chi connectivity index (χ3n) is 22.6. The van der Waals surface area contributed by atoms with Crippen molar-refractivity contribution in [2.45, 2.75) is 159 Å². The van der Waals surface area contributed by atoms with E-state index in [1.807, 2.05) is 84.2 Å². The molecule has 0 amide bonds. The topological polar surface area (TPSA) is 376 Å². The minimum atomic E-state index is -1.03. The molecule has 4 aliphatic rings. The SMILES string of the molecule is CI.[C-]#[N+]C1CC(N(C)c2ccc3c(=O)c4ccc(Cl)c(SC)c4n(CC(=O)O)c3n2)C1.[C-]#[N+]C1CC(N(C)c2ccc3c(=O)c4ccc(Cl)c(SC)c4n(CC(=O)OCC)c3n2)C1.[C-]#[N+]C1CC(N(C)c2ccc3c(=O)c4ccc(Cl)c(SC)c4n(C[C-]=O)c3n2)C1.[C-]#[N+]C1CC(Nc2ccc3c(=O)c4ccc(Cl)c(SC)c4n(CC(=O)OCC)c3n2)C1.[Na+].[Na+].[Na+].[OH-].[OH-].[OH-]. The molecule has 42 heteroatoms. The Morgan fingerprint density at radius 1 is 0.446 bits per heavy atom. The second kappa shape index (κ2) is 49.8. The van der Waals surface area contributed by atoms with Crippen LogP contribution in [0, 0.1) is 26.3 Å². The van der Waals surface area contributed by atoms with Gasteiger partial charge in [-0.2, -0.15) is 0 Å². The number of carbonyl (C=O) groups excluding carboxylic acids is 3. The Morgan fingerprint density at radius 2 is 0.708 bits per heavy atom. The minimum Gasteiger partial charge on any atom is -0.870 e. The fourth-order valence-electron chi connectivity index (χ4n) is 15.7. The number of carbonyl (C=O) groups is 3. The molecule has 0 aliphatic heterocycles. The Morgan fingerprint density at radius 3 is 0.985 bits per heavy atom. The van der Waals surface area contributed by atoms with Gasteiger partial charge in [0.2, 0.25) is 24.2 Å². The van der Waals surface area contributed by atoms with Gasteiger partial charge in [0.15, 0.2) is 21.7 Å². The zero-order valence-electron chi connectivity index (χ0n) is 73.4. The Bertz CT molecular complexity index is 6720. The van der Waals surface area contributed by atoms with Crippen molar-refractivity contribution in [3.63, 3.8) is 0 Å². The molecule has 5 N–H and O–H groups in total. The number of rotatable bonds is 22. The van der Waals surface area contributed by atoms with E-state index >= 15 is 0 Å². The first-order valence-corrected chi connectivity index (χ1v) is 47.7. The van der Waals surface area contributed by atoms with Gasteiger partial charge >= 0.3 is 107 Å². The summed E-state index contributed by atoms with van der Waals surface area (Å²) >= 11 is 33.4. The molecule has 4 aromatic carbocycles. The molecule has 0 unspecified atom stereocenters. The van der Waals surface area contributed by atoms with Crippen molar-refractivity contribution < 1.29 is 139 Å². The van der Waals surface area contributed by atoms with Crippen LogP contribution in [-0.2, 0) is 54.8 Å². The number of anilines is 4. The molecule has 12 aromatic rings. The first-order chi connectivity index (χ1) is 59.7. The van der Waals surface area contributed by atoms with Gasteiger partial charge in [-0.05, 0) is 141 Å². The molecule has 0 bridgehead atoms. The number of aliphatic carboxylic acids is 1. The van der Waals surface area contributed by atoms with Crippen molar-refractivity contribution in [2.75, 3.05) is 84.3 Å². The van der Waals surface area contributed by atoms with Gasteiger partial charge in [-0.25, -0.2) is 52.5 Å². The second-order valence-corrected chi connectivity index (χ2v) is 34.5. The average molecular weight is 2060 g/mol. The zero-order valence-corrected chi connectivity index (χ0v) is 87.8. The Balaban J connectivity index is 0.000000261. The largest absolute Gasteiger partial charge is 1.00 e. The van der Waals surface area contributed by atoms with Gasteiger partial charge in [0.1, 0.15) is 65.5 Å². The van der Waals surface area contributed by atoms with Crippen LogP contribution in [0.5, 0.6) is 0 Å². The molecule has 130 heavy (non-hydrogen) atoms. The summed E-state index contributed by atoms with van der Waals surface area (Å²) in [5, 5.41) is 18.4. The number of halogens is 5. The van der Waals surface area contributed by atoms with E-state index in [9.17, 15) is 43.5 Å². The van der Waals surface area contributed by atoms with Crippen LogP contribution < -0.4 is 130 Å². The number of ether oxygens (including phenoxy) is 2. The number of fused-ring (bicyclic) bond motifs is 8. The Hall–Kier alpha value is -7.23. The van der Waals surface area contributed by atoms with Crippen molar-refractivity contribution in [3.05, 3.63) is 204 Å². The summed E-state index contributed by atoms with van der Waals surface area (Å²) in [6.07, 6.45) is 15.7. The van der Waals surface area contributed by atoms with Gasteiger partial charge in [-0.1, -0.05) is 75.5 Å². The number of hydrogen-bond acceptors (Lipinski definition) is 25. The maximum Gasteiger partial charge on any atom is 1.00 e. The van der Waals surface area contributed by atoms with Gasteiger partial charge in [-0.3, -0.25) is 33.6 Å². The van der Waals surface area contributed by atoms with Crippen LogP contribution in [-0.4, -0.2) is 197 Å². The number of pyridine rings is 8. The Labute approximate surface area is 865 Å². The monoisotopic (exact) mass is 2060 g/mol. The van der Waals surface area contributed by atoms with Crippen molar-refractivity contribution in [2.24, 2.45) is 0 Å². The molecule has 0 spiro atoms. The predicted molar refractivity (Wildman–Crippen MR) is 516 cm³/mol. The van der Waals surface area contributed by atoms with Gasteiger partial charge < -0.3 is 93.5 Å². The Kier molecular flexibility index (Phi) is 42.8. The third kappa shape index (κ3) is 23.1. The van der Waals surface area contributed by atoms with E-state index in [2.05, 4.69) is 47.3 Å². The molecule has 16 rings (SSSR count). The smallest absolute Gasteiger partial charge is 0.870 e. The van der Waals surface area contributed by atoms with Crippen molar-refractivity contribution in [3.8, 4) is 0 Å². The molecular formula is C88H87Cl4IN16Na3O14S4-. The van der Waals surface area contributed by atoms with Crippen LogP contribution >= 0.6 is 116 Å². The first kappa shape index (κ1) is 112. The standard InChI is InChI=1S/C23H23ClN4O3S.C22H21ClN4O3S.C21H19ClN4O3S.C21H18ClN4O2S.CH3I.3Na.3H2O/c1-5-31-19(29)12-28-20-15(6-8-17(24)22(20)32-4)21(30)16-7-9-18(26-23(16)28)27(3)14-10-13(11-14)25-2;1-4-30-18(28)11-27-19-14(5-7-16(23)21(19)31-3)20(29)15-6-8-17(26-22(15)27)25-13-9-12(10-13)24-2;1-23-11-8-12(9-11)25(2)16-7-5-14-19(29)13-4-6-15(22)20(30-3)18(13)26(10-17(27)28)21(14)24-16;1-23-12-10-13(11-12)25(2)17-7-5-15-19(28)14-4-6-16(22)20(29-3)18(14)26(8-9-27)21(15)24-17;1-2;;;;;;/h6-9,13-14H,5,10-12H2,1,3-4H3;5-8,12-13H,4,9-11H2,1,3H3,(H,25,26);4-7,11-12H,8-10H2,2-3H3,(H,27,28);4-7,12-13H,8,10-11H2,2-3H3;1H3;;;;3*1H2/q;;;-1;;3*+1;;;/p-3. The summed E-state index contributed by atoms with van der Waals surface area (Å²) in [5.41, 5.74) is 3.17. The second-order valence-electron chi connectivity index (χ2n) is 29.6. The van der Waals surface area contributed by atoms with Crippen LogP contribution in [0.25, 0.3) is 107 Å². The van der Waals surface area contributed by atoms with Crippen LogP contribution in [0.4, 0.5) is 23.3 Å². The molecule has 4 aliphatic carbocycles. The first-order valence-electron chi connectivity index (χ1n) is 39.2. The molecule has 8 heterocycles. The number of nitrogens with zero attached hydrogens (tertiary/aromatic N) is 15. The van der Waals surface area contributed by atoms with E-state index in [4.69, 9.17) is 102 Å². The normalized spacial score (nSPS) is 17.0. The number of carboxylic acids is 1. The minimum absolute atomic E-state index is 0. The van der Waals surface area contributed by atoms with Gasteiger partial charge in [-0.15, -0.1) is 47.0 Å². The molecule has 30 nitrogen and oxygen atoms in total. The van der Waals surface area contributed by atoms with Gasteiger partial charge in [0, 0.05) is 118 Å². The number of nitrogens with one attached hydrogen (secondary N) is 1. The fourth-order valence-corrected chi connectivity index (χ4v) is 20.0. The summed E-state index contributed by atoms with van der Waals surface area (Å²) in [6, 6.07) is 28.7. The maximum absolute atomic E-state index is 13.3. The van der Waals surface area contributed by atoms with Crippen molar-refractivity contribution in [1.29, 1.82) is 0 Å². The quantitative estimate of drug-likeness (QED) is 0.0123. The summed E-state index contributed by atoms with van der Waals surface area (Å²) in [5.74, 6) is 0.774. The number of carboxylic acid groups (broad SMARTS) is 1. The number of aromatic nitrogens is 8. The van der Waals surface area contributed by atoms with E-state index < -0.39 is 17.9 Å². The molecule has 0 radical (unpaired) electrons. The van der Waals surface area contributed by atoms with Crippen LogP contribution in [0.15, 0.2) is 136 Å². The maximum atomic E-state index is 13.3. The van der Waals surface area contributed by atoms with E-state index in [0.717, 1.165) is 56.3 Å². The average Bonchev–Trinajstić information content (AvgIpc) is 0.751. The van der Waals surface area contributed by atoms with E-state index in [1.54, 1.807) is 117 Å². The molecule has 8 aromatic heterocycles. The van der Waals surface area contributed by atoms with Gasteiger partial charge in [0.05, 0.1) is 96.5 Å². The molecular weight excluding hydrogens is 1970 g/mol. The molecule has 0 saturated heterocycles. The van der Waals surface area contributed by atoms with E-state index in [1.165, 1.54) is 47.0 Å². The summed E-state index contributed by atoms with van der Waals surface area (Å²) < 4.78 is 17.1. The summed E-state index contributed by atoms with van der Waals surface area (Å²) in [7, 11) is 5.79. The van der Waals surface area contributed by atoms with Gasteiger partial charge in [0.25, 0.3) is 0 Å². The van der Waals surface area contributed by atoms with Crippen LogP contribution in [0.1, 0.15) is 65.2 Å². The number of alkyl halides is 1.